The highest BCUT2D eigenvalue weighted by Gasteiger charge is 2.38. The molecular weight excluding hydrogens is 488 g/mol. The molecule has 2 aliphatic heterocycles. The van der Waals surface area contributed by atoms with Crippen molar-refractivity contribution in [2.45, 2.75) is 24.8 Å². The number of hydrogen-bond donors (Lipinski definition) is 1. The van der Waals surface area contributed by atoms with Crippen LogP contribution >= 0.6 is 11.3 Å². The lowest BCUT2D eigenvalue weighted by Gasteiger charge is -2.28. The largest absolute Gasteiger partial charge is 0.454 e. The topological polar surface area (TPSA) is 93.7 Å². The van der Waals surface area contributed by atoms with Gasteiger partial charge in [0.25, 0.3) is 0 Å². The summed E-state index contributed by atoms with van der Waals surface area (Å²) in [5.41, 5.74) is 2.64. The zero-order valence-corrected chi connectivity index (χ0v) is 20.7. The normalized spacial score (nSPS) is 16.2. The van der Waals surface area contributed by atoms with Crippen LogP contribution in [0.4, 0.5) is 5.13 Å². The van der Waals surface area contributed by atoms with Crippen LogP contribution in [0.3, 0.4) is 0 Å². The number of amides is 2. The van der Waals surface area contributed by atoms with Crippen LogP contribution in [0.25, 0.3) is 10.6 Å². The molecule has 0 spiro atoms. The van der Waals surface area contributed by atoms with Gasteiger partial charge < -0.3 is 14.4 Å². The summed E-state index contributed by atoms with van der Waals surface area (Å²) < 4.78 is 10.8. The number of benzene rings is 3. The van der Waals surface area contributed by atoms with Crippen LogP contribution < -0.4 is 14.8 Å². The summed E-state index contributed by atoms with van der Waals surface area (Å²) in [7, 11) is 0. The Morgan fingerprint density at radius 2 is 1.62 bits per heavy atom. The summed E-state index contributed by atoms with van der Waals surface area (Å²) in [5, 5.41) is 12.3. The smallest absolute Gasteiger partial charge is 0.249 e. The molecule has 0 bridgehead atoms. The lowest BCUT2D eigenvalue weighted by atomic mass is 9.90. The highest BCUT2D eigenvalue weighted by molar-refractivity contribution is 7.18. The van der Waals surface area contributed by atoms with Gasteiger partial charge in [0.05, 0.1) is 5.92 Å². The number of nitrogens with one attached hydrogen (secondary N) is 1. The number of likely N-dealkylation sites (tertiary alicyclic amines) is 1. The van der Waals surface area contributed by atoms with E-state index in [1.54, 1.807) is 4.90 Å². The van der Waals surface area contributed by atoms with Crippen LogP contribution in [-0.2, 0) is 9.59 Å². The molecule has 3 aromatic carbocycles. The van der Waals surface area contributed by atoms with Gasteiger partial charge in [0.15, 0.2) is 11.5 Å². The highest BCUT2D eigenvalue weighted by atomic mass is 32.1. The Hall–Kier alpha value is -4.24. The van der Waals surface area contributed by atoms with Crippen LogP contribution in [-0.4, -0.2) is 46.3 Å². The minimum absolute atomic E-state index is 0.0756. The molecule has 9 heteroatoms. The van der Waals surface area contributed by atoms with Crippen molar-refractivity contribution in [1.82, 2.24) is 15.1 Å². The van der Waals surface area contributed by atoms with Crippen LogP contribution in [0.15, 0.2) is 78.9 Å². The number of carbonyl (C=O) groups excluding carboxylic acids is 2. The number of aromatic nitrogens is 2. The highest BCUT2D eigenvalue weighted by Crippen LogP contribution is 2.37. The van der Waals surface area contributed by atoms with Crippen LogP contribution in [0.5, 0.6) is 11.5 Å². The molecule has 2 aliphatic rings. The fourth-order valence-corrected chi connectivity index (χ4v) is 5.59. The van der Waals surface area contributed by atoms with Gasteiger partial charge in [-0.05, 0) is 42.2 Å². The van der Waals surface area contributed by atoms with E-state index in [1.807, 2.05) is 78.9 Å². The average Bonchev–Trinajstić information content (AvgIpc) is 3.70. The summed E-state index contributed by atoms with van der Waals surface area (Å²) >= 11 is 1.27. The van der Waals surface area contributed by atoms with Gasteiger partial charge in [-0.1, -0.05) is 72.0 Å². The summed E-state index contributed by atoms with van der Waals surface area (Å²) in [5.74, 6) is 0.546. The molecule has 2 amide bonds. The maximum atomic E-state index is 13.9. The zero-order valence-electron chi connectivity index (χ0n) is 19.9. The maximum absolute atomic E-state index is 13.9. The van der Waals surface area contributed by atoms with E-state index in [0.29, 0.717) is 34.6 Å². The molecule has 1 unspecified atom stereocenters. The van der Waals surface area contributed by atoms with Crippen molar-refractivity contribution in [3.63, 3.8) is 0 Å². The second kappa shape index (κ2) is 10.0. The third-order valence-electron chi connectivity index (χ3n) is 6.63. The molecule has 1 aromatic heterocycles. The van der Waals surface area contributed by atoms with E-state index in [0.717, 1.165) is 23.1 Å². The maximum Gasteiger partial charge on any atom is 0.249 e. The van der Waals surface area contributed by atoms with E-state index in [4.69, 9.17) is 9.47 Å². The molecule has 186 valence electrons. The standard InChI is InChI=1S/C28H24N4O4S/c33-25(29-28-31-30-26(37-28)20-13-14-22-23(16-20)36-17-35-22)21-12-7-15-32(21)27(34)24(18-8-3-1-4-9-18)19-10-5-2-6-11-19/h1-6,8-11,13-14,16,21,24H,7,12,15,17H2,(H,29,31,33). The number of rotatable bonds is 6. The van der Waals surface area contributed by atoms with E-state index in [-0.39, 0.29) is 18.6 Å². The third-order valence-corrected chi connectivity index (χ3v) is 7.51. The number of fused-ring (bicyclic) bond motifs is 1. The minimum atomic E-state index is -0.569. The van der Waals surface area contributed by atoms with Gasteiger partial charge in [-0.25, -0.2) is 0 Å². The van der Waals surface area contributed by atoms with Crippen molar-refractivity contribution >= 4 is 28.3 Å². The van der Waals surface area contributed by atoms with Crippen LogP contribution in [0.1, 0.15) is 29.9 Å². The van der Waals surface area contributed by atoms with E-state index >= 15 is 0 Å². The fraction of sp³-hybridized carbons (Fsp3) is 0.214. The first-order valence-electron chi connectivity index (χ1n) is 12.1. The van der Waals surface area contributed by atoms with Gasteiger partial charge in [0.1, 0.15) is 11.0 Å². The second-order valence-electron chi connectivity index (χ2n) is 8.91. The van der Waals surface area contributed by atoms with E-state index in [2.05, 4.69) is 15.5 Å². The third kappa shape index (κ3) is 4.65. The Kier molecular flexibility index (Phi) is 6.28. The van der Waals surface area contributed by atoms with Gasteiger partial charge in [0, 0.05) is 12.1 Å². The van der Waals surface area contributed by atoms with Crippen molar-refractivity contribution in [1.29, 1.82) is 0 Å². The predicted molar refractivity (Wildman–Crippen MR) is 140 cm³/mol. The summed E-state index contributed by atoms with van der Waals surface area (Å²) in [6, 6.07) is 24.4. The number of carbonyl (C=O) groups is 2. The van der Waals surface area contributed by atoms with Crippen molar-refractivity contribution in [2.24, 2.45) is 0 Å². The van der Waals surface area contributed by atoms with E-state index in [1.165, 1.54) is 11.3 Å². The molecule has 1 saturated heterocycles. The Balaban J connectivity index is 1.20. The Morgan fingerprint density at radius 3 is 2.35 bits per heavy atom. The monoisotopic (exact) mass is 512 g/mol. The lowest BCUT2D eigenvalue weighted by molar-refractivity contribution is -0.137. The van der Waals surface area contributed by atoms with Crippen molar-refractivity contribution in [3.05, 3.63) is 90.0 Å². The fourth-order valence-electron chi connectivity index (χ4n) is 4.85. The van der Waals surface area contributed by atoms with E-state index < -0.39 is 12.0 Å². The molecule has 37 heavy (non-hydrogen) atoms. The molecule has 8 nitrogen and oxygen atoms in total. The van der Waals surface area contributed by atoms with Crippen LogP contribution in [0.2, 0.25) is 0 Å². The van der Waals surface area contributed by atoms with Gasteiger partial charge in [-0.3, -0.25) is 14.9 Å². The molecule has 4 aromatic rings. The molecule has 1 fully saturated rings. The predicted octanol–water partition coefficient (Wildman–Crippen LogP) is 4.70. The molecule has 6 rings (SSSR count). The molecule has 0 radical (unpaired) electrons. The zero-order chi connectivity index (χ0) is 25.2. The van der Waals surface area contributed by atoms with Gasteiger partial charge in [-0.15, -0.1) is 10.2 Å². The first-order chi connectivity index (χ1) is 18.2. The van der Waals surface area contributed by atoms with Gasteiger partial charge >= 0.3 is 0 Å². The van der Waals surface area contributed by atoms with Crippen molar-refractivity contribution < 1.29 is 19.1 Å². The van der Waals surface area contributed by atoms with Crippen molar-refractivity contribution in [2.75, 3.05) is 18.7 Å². The van der Waals surface area contributed by atoms with Gasteiger partial charge in [-0.2, -0.15) is 0 Å². The Morgan fingerprint density at radius 1 is 0.919 bits per heavy atom. The van der Waals surface area contributed by atoms with E-state index in [9.17, 15) is 9.59 Å². The van der Waals surface area contributed by atoms with Crippen LogP contribution in [0, 0.1) is 0 Å². The molecule has 0 saturated carbocycles. The first kappa shape index (κ1) is 23.2. The molecular formula is C28H24N4O4S. The lowest BCUT2D eigenvalue weighted by Crippen LogP contribution is -2.45. The van der Waals surface area contributed by atoms with Crippen molar-refractivity contribution in [3.8, 4) is 22.1 Å². The number of hydrogen-bond acceptors (Lipinski definition) is 7. The summed E-state index contributed by atoms with van der Waals surface area (Å²) in [4.78, 5) is 28.9. The van der Waals surface area contributed by atoms with Gasteiger partial charge in [0.2, 0.25) is 23.7 Å². The SMILES string of the molecule is O=C(Nc1nnc(-c2ccc3c(c2)OCO3)s1)C1CCCN1C(=O)C(c1ccccc1)c1ccccc1. The first-order valence-corrected chi connectivity index (χ1v) is 12.9. The molecule has 1 N–H and O–H groups in total. The molecule has 0 aliphatic carbocycles. The quantitative estimate of drug-likeness (QED) is 0.403. The summed E-state index contributed by atoms with van der Waals surface area (Å²) in [6.07, 6.45) is 1.36. The number of nitrogens with zero attached hydrogens (tertiary/aromatic N) is 3. The number of ether oxygens (including phenoxy) is 2. The molecule has 1 atom stereocenters. The second-order valence-corrected chi connectivity index (χ2v) is 9.89. The average molecular weight is 513 g/mol. The molecule has 3 heterocycles. The number of anilines is 1. The Bertz CT molecular complexity index is 1390. The minimum Gasteiger partial charge on any atom is -0.454 e. The Labute approximate surface area is 217 Å². The summed E-state index contributed by atoms with van der Waals surface area (Å²) in [6.45, 7) is 0.730.